The minimum Gasteiger partial charge on any atom is -0.386 e. The van der Waals surface area contributed by atoms with E-state index in [1.807, 2.05) is 0 Å². The van der Waals surface area contributed by atoms with Crippen LogP contribution in [0, 0.1) is 0 Å². The molecule has 1 saturated heterocycles. The molecule has 1 aliphatic heterocycles. The molecule has 1 amide bonds. The first-order valence-electron chi connectivity index (χ1n) is 8.88. The highest BCUT2D eigenvalue weighted by atomic mass is 31.2. The van der Waals surface area contributed by atoms with Crippen LogP contribution in [0.2, 0.25) is 0 Å². The minimum atomic E-state index is -5.15. The monoisotopic (exact) mass is 443 g/mol. The van der Waals surface area contributed by atoms with Gasteiger partial charge in [0, 0.05) is 6.54 Å². The van der Waals surface area contributed by atoms with Gasteiger partial charge < -0.3 is 18.5 Å². The fourth-order valence-electron chi connectivity index (χ4n) is 2.87. The van der Waals surface area contributed by atoms with Crippen molar-refractivity contribution >= 4 is 19.7 Å². The van der Waals surface area contributed by atoms with E-state index in [4.69, 9.17) is 13.6 Å². The lowest BCUT2D eigenvalue weighted by Crippen LogP contribution is -2.47. The summed E-state index contributed by atoms with van der Waals surface area (Å²) in [5, 5.41) is 0. The van der Waals surface area contributed by atoms with Gasteiger partial charge in [0.15, 0.2) is 0 Å². The van der Waals surface area contributed by atoms with E-state index in [1.165, 1.54) is 24.3 Å². The lowest BCUT2D eigenvalue weighted by Gasteiger charge is -2.25. The minimum absolute atomic E-state index is 0.0548. The molecule has 2 aromatic carbocycles. The number of phosphoric acid groups is 1. The van der Waals surface area contributed by atoms with Crippen LogP contribution >= 0.6 is 7.82 Å². The van der Waals surface area contributed by atoms with Crippen LogP contribution in [0.5, 0.6) is 11.5 Å². The molecule has 160 valence electrons. The van der Waals surface area contributed by atoms with Gasteiger partial charge >= 0.3 is 25.9 Å². The Morgan fingerprint density at radius 1 is 0.933 bits per heavy atom. The first kappa shape index (κ1) is 21.7. The molecule has 0 bridgehead atoms. The predicted octanol–water partition coefficient (Wildman–Crippen LogP) is 4.35. The maximum absolute atomic E-state index is 13.2. The molecule has 0 N–H and O–H groups in total. The average Bonchev–Trinajstić information content (AvgIpc) is 3.17. The molecule has 1 fully saturated rings. The standard InChI is InChI=1S/C19H17F3NO6P/c20-19(21,22)18(25)23-13-7-12-16(23)17(24)29-30(26,27-14-8-3-1-4-9-14)28-15-10-5-2-6-11-15/h1-6,8-11,16H,7,12-13H2/t16-/m1/s1. The first-order chi connectivity index (χ1) is 14.2. The Morgan fingerprint density at radius 2 is 1.43 bits per heavy atom. The van der Waals surface area contributed by atoms with Crippen LogP contribution in [0.3, 0.4) is 0 Å². The van der Waals surface area contributed by atoms with E-state index in [1.54, 1.807) is 36.4 Å². The number of carbonyl (C=O) groups is 2. The van der Waals surface area contributed by atoms with Crippen molar-refractivity contribution in [3.8, 4) is 11.5 Å². The zero-order valence-corrected chi connectivity index (χ0v) is 16.3. The summed E-state index contributed by atoms with van der Waals surface area (Å²) >= 11 is 0. The summed E-state index contributed by atoms with van der Waals surface area (Å²) in [4.78, 5) is 24.5. The number of amides is 1. The summed E-state index contributed by atoms with van der Waals surface area (Å²) in [6, 6.07) is 13.8. The molecule has 1 heterocycles. The van der Waals surface area contributed by atoms with Gasteiger partial charge in [0.1, 0.15) is 17.5 Å². The van der Waals surface area contributed by atoms with Gasteiger partial charge in [0.05, 0.1) is 0 Å². The molecule has 1 aliphatic rings. The normalized spacial score (nSPS) is 16.8. The fraction of sp³-hybridized carbons (Fsp3) is 0.263. The fourth-order valence-corrected chi connectivity index (χ4v) is 4.08. The van der Waals surface area contributed by atoms with Crippen LogP contribution in [0.25, 0.3) is 0 Å². The molecule has 0 unspecified atom stereocenters. The molecule has 2 aromatic rings. The summed E-state index contributed by atoms with van der Waals surface area (Å²) in [6.07, 6.45) is -5.06. The molecule has 0 aliphatic carbocycles. The van der Waals surface area contributed by atoms with Gasteiger partial charge in [-0.15, -0.1) is 0 Å². The molecule has 0 saturated carbocycles. The van der Waals surface area contributed by atoms with Crippen molar-refractivity contribution in [2.24, 2.45) is 0 Å². The maximum atomic E-state index is 13.2. The van der Waals surface area contributed by atoms with Gasteiger partial charge in [-0.3, -0.25) is 4.79 Å². The maximum Gasteiger partial charge on any atom is 0.649 e. The van der Waals surface area contributed by atoms with E-state index >= 15 is 0 Å². The first-order valence-corrected chi connectivity index (χ1v) is 10.3. The van der Waals surface area contributed by atoms with Crippen molar-refractivity contribution in [3.05, 3.63) is 60.7 Å². The van der Waals surface area contributed by atoms with Crippen molar-refractivity contribution in [3.63, 3.8) is 0 Å². The van der Waals surface area contributed by atoms with Crippen LogP contribution in [-0.4, -0.2) is 35.5 Å². The molecule has 0 spiro atoms. The number of nitrogens with zero attached hydrogens (tertiary/aromatic N) is 1. The number of alkyl halides is 3. The zero-order valence-electron chi connectivity index (χ0n) is 15.4. The molecule has 7 nitrogen and oxygen atoms in total. The highest BCUT2D eigenvalue weighted by Crippen LogP contribution is 2.50. The number of likely N-dealkylation sites (tertiary alicyclic amines) is 1. The SMILES string of the molecule is O=C(OP(=O)(Oc1ccccc1)Oc1ccccc1)[C@H]1CCCN1C(=O)C(F)(F)F. The number of halogens is 3. The number of para-hydroxylation sites is 2. The number of hydrogen-bond acceptors (Lipinski definition) is 6. The quantitative estimate of drug-likeness (QED) is 0.618. The lowest BCUT2D eigenvalue weighted by molar-refractivity contribution is -0.187. The van der Waals surface area contributed by atoms with Crippen LogP contribution in [0.4, 0.5) is 13.2 Å². The second-order valence-corrected chi connectivity index (χ2v) is 7.76. The smallest absolute Gasteiger partial charge is 0.386 e. The molecule has 0 aromatic heterocycles. The van der Waals surface area contributed by atoms with Gasteiger partial charge in [-0.25, -0.2) is 4.79 Å². The third kappa shape index (κ3) is 5.33. The van der Waals surface area contributed by atoms with E-state index in [0.29, 0.717) is 4.90 Å². The highest BCUT2D eigenvalue weighted by Gasteiger charge is 2.49. The summed E-state index contributed by atoms with van der Waals surface area (Å²) in [7, 11) is -4.64. The predicted molar refractivity (Wildman–Crippen MR) is 98.6 cm³/mol. The van der Waals surface area contributed by atoms with Gasteiger partial charge in [0.25, 0.3) is 0 Å². The molecule has 30 heavy (non-hydrogen) atoms. The molecular weight excluding hydrogens is 426 g/mol. The van der Waals surface area contributed by atoms with Crippen LogP contribution in [0.15, 0.2) is 60.7 Å². The van der Waals surface area contributed by atoms with Gasteiger partial charge in [0.2, 0.25) is 0 Å². The van der Waals surface area contributed by atoms with E-state index in [9.17, 15) is 27.3 Å². The van der Waals surface area contributed by atoms with Crippen LogP contribution in [-0.2, 0) is 18.7 Å². The molecular formula is C19H17F3NO6P. The van der Waals surface area contributed by atoms with Gasteiger partial charge in [-0.05, 0) is 37.1 Å². The van der Waals surface area contributed by atoms with E-state index in [-0.39, 0.29) is 30.9 Å². The van der Waals surface area contributed by atoms with Crippen LogP contribution < -0.4 is 9.05 Å². The Balaban J connectivity index is 1.82. The van der Waals surface area contributed by atoms with Crippen molar-refractivity contribution in [2.45, 2.75) is 25.1 Å². The Kier molecular flexibility index (Phi) is 6.36. The lowest BCUT2D eigenvalue weighted by atomic mass is 10.2. The van der Waals surface area contributed by atoms with E-state index in [0.717, 1.165) is 0 Å². The molecule has 11 heteroatoms. The summed E-state index contributed by atoms with van der Waals surface area (Å²) in [5.41, 5.74) is 0. The van der Waals surface area contributed by atoms with E-state index in [2.05, 4.69) is 0 Å². The second kappa shape index (κ2) is 8.79. The highest BCUT2D eigenvalue weighted by molar-refractivity contribution is 7.50. The Bertz CT molecular complexity index is 893. The number of carbonyl (C=O) groups excluding carboxylic acids is 2. The topological polar surface area (TPSA) is 82.1 Å². The second-order valence-electron chi connectivity index (χ2n) is 6.32. The Morgan fingerprint density at radius 3 is 1.90 bits per heavy atom. The number of rotatable bonds is 6. The van der Waals surface area contributed by atoms with Crippen molar-refractivity contribution in [2.75, 3.05) is 6.54 Å². The molecule has 3 rings (SSSR count). The Labute approximate surface area is 170 Å². The van der Waals surface area contributed by atoms with Gasteiger partial charge in [-0.1, -0.05) is 36.4 Å². The largest absolute Gasteiger partial charge is 0.649 e. The number of phosphoric ester groups is 1. The van der Waals surface area contributed by atoms with Crippen molar-refractivity contribution in [1.82, 2.24) is 4.90 Å². The average molecular weight is 443 g/mol. The molecule has 0 radical (unpaired) electrons. The van der Waals surface area contributed by atoms with Crippen LogP contribution in [0.1, 0.15) is 12.8 Å². The summed E-state index contributed by atoms with van der Waals surface area (Å²) < 4.78 is 67.1. The molecule has 1 atom stereocenters. The zero-order chi connectivity index (χ0) is 21.8. The Hall–Kier alpha value is -3.00. The van der Waals surface area contributed by atoms with E-state index < -0.39 is 31.9 Å². The number of benzene rings is 2. The number of hydrogen-bond donors (Lipinski definition) is 0. The van der Waals surface area contributed by atoms with Gasteiger partial charge in [-0.2, -0.15) is 17.7 Å². The van der Waals surface area contributed by atoms with Crippen molar-refractivity contribution in [1.29, 1.82) is 0 Å². The summed E-state index contributed by atoms with van der Waals surface area (Å²) in [6.45, 7) is -0.276. The third-order valence-corrected chi connectivity index (χ3v) is 5.42. The summed E-state index contributed by atoms with van der Waals surface area (Å²) in [5.74, 6) is -3.36. The van der Waals surface area contributed by atoms with Crippen molar-refractivity contribution < 1.29 is 40.9 Å². The third-order valence-electron chi connectivity index (χ3n) is 4.15.